The normalized spacial score (nSPS) is 19.9. The summed E-state index contributed by atoms with van der Waals surface area (Å²) in [5.74, 6) is -0.701. The fraction of sp³-hybridized carbons (Fsp3) is 0.333. The molecule has 6 heteroatoms. The first-order valence-electron chi connectivity index (χ1n) is 5.59. The van der Waals surface area contributed by atoms with Gasteiger partial charge in [0.2, 0.25) is 11.8 Å². The van der Waals surface area contributed by atoms with Crippen LogP contribution in [0.15, 0.2) is 18.2 Å². The third-order valence-corrected chi connectivity index (χ3v) is 3.72. The summed E-state index contributed by atoms with van der Waals surface area (Å²) in [5, 5.41) is 2.56. The van der Waals surface area contributed by atoms with E-state index >= 15 is 0 Å². The van der Waals surface area contributed by atoms with E-state index in [1.807, 2.05) is 29.5 Å². The number of carbonyl (C=O) groups excluding carboxylic acids is 2. The molecule has 1 atom stereocenters. The molecule has 1 unspecified atom stereocenters. The summed E-state index contributed by atoms with van der Waals surface area (Å²) in [6, 6.07) is 3.66. The third kappa shape index (κ3) is 2.33. The number of carbonyl (C=O) groups is 2. The molecular weight excluding hydrogens is 350 g/mol. The molecule has 1 fully saturated rings. The highest BCUT2D eigenvalue weighted by Gasteiger charge is 2.35. The lowest BCUT2D eigenvalue weighted by Crippen LogP contribution is -2.58. The fourth-order valence-electron chi connectivity index (χ4n) is 2.00. The highest BCUT2D eigenvalue weighted by Crippen LogP contribution is 2.27. The Labute approximate surface area is 118 Å². The maximum absolute atomic E-state index is 13.1. The first-order chi connectivity index (χ1) is 8.54. The van der Waals surface area contributed by atoms with Crippen LogP contribution in [0.4, 0.5) is 10.1 Å². The van der Waals surface area contributed by atoms with Crippen molar-refractivity contribution in [1.82, 2.24) is 5.32 Å². The molecular formula is C12H12FIN2O2. The Morgan fingerprint density at radius 1 is 1.50 bits per heavy atom. The lowest BCUT2D eigenvalue weighted by atomic mass is 10.1. The van der Waals surface area contributed by atoms with Crippen LogP contribution in [0.1, 0.15) is 13.3 Å². The predicted molar refractivity (Wildman–Crippen MR) is 73.7 cm³/mol. The molecule has 0 aliphatic carbocycles. The van der Waals surface area contributed by atoms with E-state index in [4.69, 9.17) is 0 Å². The Balaban J connectivity index is 2.44. The van der Waals surface area contributed by atoms with Gasteiger partial charge in [0.25, 0.3) is 0 Å². The molecule has 2 rings (SSSR count). The minimum absolute atomic E-state index is 0.0111. The molecule has 1 aromatic rings. The highest BCUT2D eigenvalue weighted by atomic mass is 127. The lowest BCUT2D eigenvalue weighted by Gasteiger charge is -2.34. The van der Waals surface area contributed by atoms with Gasteiger partial charge in [0, 0.05) is 3.57 Å². The van der Waals surface area contributed by atoms with E-state index in [0.717, 1.165) is 0 Å². The van der Waals surface area contributed by atoms with Crippen molar-refractivity contribution < 1.29 is 14.0 Å². The van der Waals surface area contributed by atoms with Crippen molar-refractivity contribution in [2.24, 2.45) is 0 Å². The number of benzene rings is 1. The maximum atomic E-state index is 13.1. The molecule has 1 N–H and O–H groups in total. The zero-order valence-corrected chi connectivity index (χ0v) is 11.9. The van der Waals surface area contributed by atoms with Gasteiger partial charge in [0.15, 0.2) is 0 Å². The second-order valence-corrected chi connectivity index (χ2v) is 5.16. The standard InChI is InChI=1S/C12H12FIN2O2/c1-2-9-12(18)15-6-11(17)16(9)10-4-3-7(13)5-8(10)14/h3-5,9H,2,6H2,1H3,(H,15,18). The van der Waals surface area contributed by atoms with Gasteiger partial charge < -0.3 is 5.32 Å². The van der Waals surface area contributed by atoms with Gasteiger partial charge in [-0.1, -0.05) is 6.92 Å². The van der Waals surface area contributed by atoms with Crippen molar-refractivity contribution in [2.45, 2.75) is 19.4 Å². The van der Waals surface area contributed by atoms with Crippen molar-refractivity contribution in [3.8, 4) is 0 Å². The number of nitrogens with one attached hydrogen (secondary N) is 1. The summed E-state index contributed by atoms with van der Waals surface area (Å²) >= 11 is 1.97. The van der Waals surface area contributed by atoms with Gasteiger partial charge in [-0.3, -0.25) is 14.5 Å². The van der Waals surface area contributed by atoms with E-state index in [0.29, 0.717) is 15.7 Å². The number of anilines is 1. The van der Waals surface area contributed by atoms with Gasteiger partial charge in [0.1, 0.15) is 11.9 Å². The van der Waals surface area contributed by atoms with Crippen molar-refractivity contribution >= 4 is 40.1 Å². The first-order valence-corrected chi connectivity index (χ1v) is 6.67. The summed E-state index contributed by atoms with van der Waals surface area (Å²) in [6.07, 6.45) is 0.519. The largest absolute Gasteiger partial charge is 0.345 e. The Morgan fingerprint density at radius 3 is 2.83 bits per heavy atom. The van der Waals surface area contributed by atoms with Crippen molar-refractivity contribution in [3.05, 3.63) is 27.6 Å². The average Bonchev–Trinajstić information content (AvgIpc) is 2.33. The van der Waals surface area contributed by atoms with Crippen LogP contribution in [0, 0.1) is 9.39 Å². The van der Waals surface area contributed by atoms with Crippen LogP contribution >= 0.6 is 22.6 Å². The molecule has 0 bridgehead atoms. The zero-order valence-electron chi connectivity index (χ0n) is 9.74. The van der Waals surface area contributed by atoms with E-state index in [1.54, 1.807) is 0 Å². The predicted octanol–water partition coefficient (Wildman–Crippen LogP) is 1.67. The highest BCUT2D eigenvalue weighted by molar-refractivity contribution is 14.1. The molecule has 18 heavy (non-hydrogen) atoms. The van der Waals surface area contributed by atoms with Gasteiger partial charge in [-0.15, -0.1) is 0 Å². The molecule has 1 saturated heterocycles. The van der Waals surface area contributed by atoms with Gasteiger partial charge in [-0.2, -0.15) is 0 Å². The summed E-state index contributed by atoms with van der Waals surface area (Å²) in [4.78, 5) is 25.2. The van der Waals surface area contributed by atoms with Crippen LogP contribution in [0.5, 0.6) is 0 Å². The number of hydrogen-bond donors (Lipinski definition) is 1. The second kappa shape index (κ2) is 5.21. The molecule has 0 spiro atoms. The lowest BCUT2D eigenvalue weighted by molar-refractivity contribution is -0.131. The molecule has 4 nitrogen and oxygen atoms in total. The Bertz CT molecular complexity index is 507. The molecule has 0 aromatic heterocycles. The second-order valence-electron chi connectivity index (χ2n) is 4.00. The Morgan fingerprint density at radius 2 is 2.22 bits per heavy atom. The Kier molecular flexibility index (Phi) is 3.84. The summed E-state index contributed by atoms with van der Waals surface area (Å²) in [5.41, 5.74) is 0.587. The quantitative estimate of drug-likeness (QED) is 0.814. The van der Waals surface area contributed by atoms with Crippen molar-refractivity contribution in [1.29, 1.82) is 0 Å². The third-order valence-electron chi connectivity index (χ3n) is 2.85. The van der Waals surface area contributed by atoms with Crippen LogP contribution < -0.4 is 10.2 Å². The van der Waals surface area contributed by atoms with Crippen LogP contribution in [0.2, 0.25) is 0 Å². The topological polar surface area (TPSA) is 49.4 Å². The molecule has 0 saturated carbocycles. The number of halogens is 2. The Hall–Kier alpha value is -1.18. The van der Waals surface area contributed by atoms with Gasteiger partial charge in [-0.25, -0.2) is 4.39 Å². The molecule has 2 amide bonds. The number of nitrogens with zero attached hydrogens (tertiary/aromatic N) is 1. The van der Waals surface area contributed by atoms with Crippen LogP contribution in [-0.2, 0) is 9.59 Å². The van der Waals surface area contributed by atoms with Crippen molar-refractivity contribution in [2.75, 3.05) is 11.4 Å². The van der Waals surface area contributed by atoms with Crippen LogP contribution in [0.25, 0.3) is 0 Å². The van der Waals surface area contributed by atoms with E-state index in [2.05, 4.69) is 5.32 Å². The smallest absolute Gasteiger partial charge is 0.247 e. The van der Waals surface area contributed by atoms with E-state index in [-0.39, 0.29) is 24.2 Å². The fourth-order valence-corrected chi connectivity index (χ4v) is 2.74. The maximum Gasteiger partial charge on any atom is 0.247 e. The summed E-state index contributed by atoms with van der Waals surface area (Å²) in [6.45, 7) is 1.83. The SMILES string of the molecule is CCC1C(=O)NCC(=O)N1c1ccc(F)cc1I. The van der Waals surface area contributed by atoms with Crippen LogP contribution in [0.3, 0.4) is 0 Å². The average molecular weight is 362 g/mol. The number of amides is 2. The zero-order chi connectivity index (χ0) is 13.3. The van der Waals surface area contributed by atoms with E-state index in [9.17, 15) is 14.0 Å². The van der Waals surface area contributed by atoms with Crippen molar-refractivity contribution in [3.63, 3.8) is 0 Å². The molecule has 96 valence electrons. The first kappa shape index (κ1) is 13.3. The molecule has 1 heterocycles. The minimum atomic E-state index is -0.523. The minimum Gasteiger partial charge on any atom is -0.345 e. The van der Waals surface area contributed by atoms with Crippen LogP contribution in [-0.4, -0.2) is 24.4 Å². The molecule has 1 aliphatic rings. The van der Waals surface area contributed by atoms with E-state index < -0.39 is 6.04 Å². The monoisotopic (exact) mass is 362 g/mol. The van der Waals surface area contributed by atoms with Gasteiger partial charge in [-0.05, 0) is 47.2 Å². The van der Waals surface area contributed by atoms with E-state index in [1.165, 1.54) is 23.1 Å². The molecule has 1 aromatic carbocycles. The number of rotatable bonds is 2. The van der Waals surface area contributed by atoms with Gasteiger partial charge in [0.05, 0.1) is 12.2 Å². The number of piperazine rings is 1. The molecule has 1 aliphatic heterocycles. The summed E-state index contributed by atoms with van der Waals surface area (Å²) in [7, 11) is 0. The number of hydrogen-bond acceptors (Lipinski definition) is 2. The molecule has 0 radical (unpaired) electrons. The van der Waals surface area contributed by atoms with Gasteiger partial charge >= 0.3 is 0 Å². The summed E-state index contributed by atoms with van der Waals surface area (Å²) < 4.78 is 13.7.